The molecular weight excluding hydrogens is 250 g/mol. The van der Waals surface area contributed by atoms with Crippen LogP contribution in [-0.2, 0) is 4.74 Å². The topological polar surface area (TPSA) is 91.4 Å². The molecule has 6 heteroatoms. The van der Waals surface area contributed by atoms with E-state index in [0.29, 0.717) is 6.54 Å². The van der Waals surface area contributed by atoms with Gasteiger partial charge in [-0.25, -0.2) is 4.79 Å². The molecule has 6 nitrogen and oxygen atoms in total. The number of carbonyl (C=O) groups is 1. The number of carbonyl (C=O) groups excluding carboxylic acids is 1. The lowest BCUT2D eigenvalue weighted by Crippen LogP contribution is -3.11. The third-order valence-electron chi connectivity index (χ3n) is 2.99. The summed E-state index contributed by atoms with van der Waals surface area (Å²) >= 11 is 0. The Morgan fingerprint density at radius 1 is 1.16 bits per heavy atom. The summed E-state index contributed by atoms with van der Waals surface area (Å²) in [5.41, 5.74) is 0.00217. The van der Waals surface area contributed by atoms with Crippen LogP contribution in [0.2, 0.25) is 0 Å². The zero-order valence-electron chi connectivity index (χ0n) is 11.1. The van der Waals surface area contributed by atoms with Crippen molar-refractivity contribution in [2.75, 3.05) is 26.2 Å². The van der Waals surface area contributed by atoms with Crippen molar-refractivity contribution in [2.24, 2.45) is 0 Å². The van der Waals surface area contributed by atoms with Gasteiger partial charge in [0, 0.05) is 0 Å². The van der Waals surface area contributed by atoms with Crippen LogP contribution in [0.5, 0.6) is 17.2 Å². The largest absolute Gasteiger partial charge is 0.504 e. The fourth-order valence-electron chi connectivity index (χ4n) is 1.70. The first-order valence-corrected chi connectivity index (χ1v) is 6.25. The highest BCUT2D eigenvalue weighted by atomic mass is 16.5. The molecule has 0 radical (unpaired) electrons. The molecule has 4 N–H and O–H groups in total. The first-order chi connectivity index (χ1) is 8.99. The molecule has 0 saturated carbocycles. The van der Waals surface area contributed by atoms with Gasteiger partial charge in [-0.15, -0.1) is 0 Å². The van der Waals surface area contributed by atoms with E-state index in [4.69, 9.17) is 9.84 Å². The molecule has 0 heterocycles. The summed E-state index contributed by atoms with van der Waals surface area (Å²) in [7, 11) is 0. The Balaban J connectivity index is 2.59. The van der Waals surface area contributed by atoms with E-state index < -0.39 is 23.2 Å². The van der Waals surface area contributed by atoms with E-state index in [9.17, 15) is 15.0 Å². The van der Waals surface area contributed by atoms with Crippen molar-refractivity contribution in [2.45, 2.75) is 13.8 Å². The molecule has 0 atom stereocenters. The summed E-state index contributed by atoms with van der Waals surface area (Å²) < 4.78 is 5.05. The van der Waals surface area contributed by atoms with Gasteiger partial charge >= 0.3 is 5.97 Å². The number of nitrogens with one attached hydrogen (secondary N) is 1. The second-order valence-electron chi connectivity index (χ2n) is 4.21. The molecule has 1 aromatic carbocycles. The minimum Gasteiger partial charge on any atom is -0.504 e. The van der Waals surface area contributed by atoms with E-state index in [1.807, 2.05) is 0 Å². The lowest BCUT2D eigenvalue weighted by Gasteiger charge is -2.15. The maximum Gasteiger partial charge on any atom is 0.338 e. The number of hydrogen-bond donors (Lipinski definition) is 4. The first kappa shape index (κ1) is 15.1. The molecule has 0 aliphatic heterocycles. The van der Waals surface area contributed by atoms with E-state index in [1.54, 1.807) is 0 Å². The number of benzene rings is 1. The number of phenolic OH excluding ortho intramolecular Hbond substituents is 3. The fourth-order valence-corrected chi connectivity index (χ4v) is 1.70. The van der Waals surface area contributed by atoms with Gasteiger partial charge in [0.25, 0.3) is 0 Å². The Morgan fingerprint density at radius 2 is 1.68 bits per heavy atom. The van der Waals surface area contributed by atoms with E-state index in [1.165, 1.54) is 4.90 Å². The third-order valence-corrected chi connectivity index (χ3v) is 2.99. The summed E-state index contributed by atoms with van der Waals surface area (Å²) in [6.07, 6.45) is 0. The Kier molecular flexibility index (Phi) is 5.44. The van der Waals surface area contributed by atoms with Gasteiger partial charge in [-0.1, -0.05) is 0 Å². The number of phenols is 3. The van der Waals surface area contributed by atoms with Gasteiger partial charge in [0.15, 0.2) is 17.2 Å². The summed E-state index contributed by atoms with van der Waals surface area (Å²) in [4.78, 5) is 13.0. The van der Waals surface area contributed by atoms with Crippen LogP contribution in [0.4, 0.5) is 0 Å². The minimum atomic E-state index is -0.649. The quantitative estimate of drug-likeness (QED) is 0.427. The Bertz CT molecular complexity index is 420. The Hall–Kier alpha value is -1.95. The monoisotopic (exact) mass is 270 g/mol. The van der Waals surface area contributed by atoms with Gasteiger partial charge < -0.3 is 25.0 Å². The molecule has 0 unspecified atom stereocenters. The number of hydrogen-bond acceptors (Lipinski definition) is 5. The molecule has 0 spiro atoms. The van der Waals surface area contributed by atoms with Crippen molar-refractivity contribution in [3.05, 3.63) is 17.7 Å². The van der Waals surface area contributed by atoms with Crippen LogP contribution in [-0.4, -0.2) is 47.5 Å². The van der Waals surface area contributed by atoms with Crippen LogP contribution >= 0.6 is 0 Å². The Morgan fingerprint density at radius 3 is 2.16 bits per heavy atom. The smallest absolute Gasteiger partial charge is 0.338 e. The van der Waals surface area contributed by atoms with Gasteiger partial charge in [-0.2, -0.15) is 0 Å². The number of rotatable bonds is 6. The third kappa shape index (κ3) is 4.03. The van der Waals surface area contributed by atoms with Crippen LogP contribution in [0.25, 0.3) is 0 Å². The predicted octanol–water partition coefficient (Wildman–Crippen LogP) is -0.115. The summed E-state index contributed by atoms with van der Waals surface area (Å²) in [5.74, 6) is -2.40. The van der Waals surface area contributed by atoms with Gasteiger partial charge in [0.1, 0.15) is 13.2 Å². The molecule has 1 aromatic rings. The fraction of sp³-hybridized carbons (Fsp3) is 0.462. The van der Waals surface area contributed by atoms with Gasteiger partial charge in [-0.3, -0.25) is 0 Å². The predicted molar refractivity (Wildman–Crippen MR) is 68.6 cm³/mol. The molecule has 0 saturated heterocycles. The van der Waals surface area contributed by atoms with Crippen LogP contribution in [0.15, 0.2) is 12.1 Å². The second-order valence-corrected chi connectivity index (χ2v) is 4.21. The number of ether oxygens (including phenoxy) is 1. The standard InChI is InChI=1S/C13H19NO5/c1-3-14(4-2)5-6-19-13(18)9-7-10(15)12(17)11(16)8-9/h7-8,15-17H,3-6H2,1-2H3/p+1. The van der Waals surface area contributed by atoms with Gasteiger partial charge in [0.05, 0.1) is 18.7 Å². The van der Waals surface area contributed by atoms with Crippen LogP contribution < -0.4 is 4.90 Å². The van der Waals surface area contributed by atoms with Crippen molar-refractivity contribution in [1.82, 2.24) is 0 Å². The average Bonchev–Trinajstić information content (AvgIpc) is 2.40. The SMILES string of the molecule is CC[NH+](CC)CCOC(=O)c1cc(O)c(O)c(O)c1. The van der Waals surface area contributed by atoms with E-state index in [0.717, 1.165) is 25.2 Å². The van der Waals surface area contributed by atoms with Crippen LogP contribution in [0, 0.1) is 0 Å². The molecule has 0 amide bonds. The second kappa shape index (κ2) is 6.84. The van der Waals surface area contributed by atoms with Crippen LogP contribution in [0.3, 0.4) is 0 Å². The number of likely N-dealkylation sites (N-methyl/N-ethyl adjacent to an activating group) is 1. The summed E-state index contributed by atoms with van der Waals surface area (Å²) in [5, 5.41) is 27.8. The molecule has 0 aromatic heterocycles. The zero-order valence-corrected chi connectivity index (χ0v) is 11.1. The molecule has 0 bridgehead atoms. The highest BCUT2D eigenvalue weighted by molar-refractivity contribution is 5.91. The Labute approximate surface area is 111 Å². The van der Waals surface area contributed by atoms with Crippen LogP contribution in [0.1, 0.15) is 24.2 Å². The number of esters is 1. The van der Waals surface area contributed by atoms with Crippen molar-refractivity contribution in [3.8, 4) is 17.2 Å². The first-order valence-electron chi connectivity index (χ1n) is 6.25. The zero-order chi connectivity index (χ0) is 14.4. The van der Waals surface area contributed by atoms with Crippen molar-refractivity contribution < 1.29 is 29.8 Å². The number of quaternary nitrogens is 1. The summed E-state index contributed by atoms with van der Waals surface area (Å²) in [6, 6.07) is 2.11. The minimum absolute atomic E-state index is 0.00217. The maximum absolute atomic E-state index is 11.7. The molecule has 19 heavy (non-hydrogen) atoms. The molecule has 0 aliphatic rings. The van der Waals surface area contributed by atoms with Crippen molar-refractivity contribution in [3.63, 3.8) is 0 Å². The lowest BCUT2D eigenvalue weighted by atomic mass is 10.2. The molecule has 0 fully saturated rings. The van der Waals surface area contributed by atoms with E-state index >= 15 is 0 Å². The highest BCUT2D eigenvalue weighted by Crippen LogP contribution is 2.35. The van der Waals surface area contributed by atoms with E-state index in [2.05, 4.69) is 13.8 Å². The molecule has 106 valence electrons. The maximum atomic E-state index is 11.7. The molecule has 0 aliphatic carbocycles. The number of aromatic hydroxyl groups is 3. The van der Waals surface area contributed by atoms with Crippen molar-refractivity contribution in [1.29, 1.82) is 0 Å². The lowest BCUT2D eigenvalue weighted by molar-refractivity contribution is -0.896. The average molecular weight is 270 g/mol. The highest BCUT2D eigenvalue weighted by Gasteiger charge is 2.15. The van der Waals surface area contributed by atoms with Gasteiger partial charge in [-0.05, 0) is 26.0 Å². The normalized spacial score (nSPS) is 10.7. The summed E-state index contributed by atoms with van der Waals surface area (Å²) in [6.45, 7) is 6.98. The molecule has 1 rings (SSSR count). The van der Waals surface area contributed by atoms with Crippen molar-refractivity contribution >= 4 is 5.97 Å². The molecular formula is C13H20NO5+. The van der Waals surface area contributed by atoms with Gasteiger partial charge in [0.2, 0.25) is 0 Å². The van der Waals surface area contributed by atoms with E-state index in [-0.39, 0.29) is 12.2 Å².